The Morgan fingerprint density at radius 2 is 1.91 bits per heavy atom. The maximum absolute atomic E-state index is 12.6. The first-order valence-corrected chi connectivity index (χ1v) is 10.2. The Labute approximate surface area is 188 Å². The summed E-state index contributed by atoms with van der Waals surface area (Å²) in [4.78, 5) is 24.6. The third-order valence-corrected chi connectivity index (χ3v) is 5.38. The van der Waals surface area contributed by atoms with Crippen LogP contribution < -0.4 is 5.32 Å². The Kier molecular flexibility index (Phi) is 5.09. The fourth-order valence-electron chi connectivity index (χ4n) is 3.54. The molecule has 3 aromatic rings. The van der Waals surface area contributed by atoms with Crippen LogP contribution in [0.5, 0.6) is 0 Å². The molecule has 32 heavy (non-hydrogen) atoms. The van der Waals surface area contributed by atoms with Gasteiger partial charge in [-0.05, 0) is 35.9 Å². The second kappa shape index (κ2) is 8.20. The highest BCUT2D eigenvalue weighted by atomic mass is 35.5. The Morgan fingerprint density at radius 3 is 2.72 bits per heavy atom. The van der Waals surface area contributed by atoms with E-state index in [1.807, 2.05) is 48.6 Å². The van der Waals surface area contributed by atoms with Crippen LogP contribution >= 0.6 is 11.6 Å². The first kappa shape index (κ1) is 19.8. The predicted octanol–water partition coefficient (Wildman–Crippen LogP) is 5.22. The average molecular weight is 442 g/mol. The van der Waals surface area contributed by atoms with E-state index < -0.39 is 5.92 Å². The predicted molar refractivity (Wildman–Crippen MR) is 122 cm³/mol. The van der Waals surface area contributed by atoms with Gasteiger partial charge in [0.25, 0.3) is 11.8 Å². The Morgan fingerprint density at radius 1 is 1.06 bits per heavy atom. The van der Waals surface area contributed by atoms with Crippen molar-refractivity contribution in [2.75, 3.05) is 5.32 Å². The zero-order valence-corrected chi connectivity index (χ0v) is 17.4. The maximum atomic E-state index is 12.6. The van der Waals surface area contributed by atoms with E-state index in [0.717, 1.165) is 16.8 Å². The molecule has 5 rings (SSSR count). The van der Waals surface area contributed by atoms with Crippen molar-refractivity contribution in [1.82, 2.24) is 9.78 Å². The van der Waals surface area contributed by atoms with Gasteiger partial charge in [-0.2, -0.15) is 5.10 Å². The number of hydrogen-bond donors (Lipinski definition) is 1. The van der Waals surface area contributed by atoms with Gasteiger partial charge in [0.15, 0.2) is 0 Å². The fraction of sp³-hybridized carbons (Fsp3) is 0.0417. The standard InChI is InChI=1S/C24H16ClN5O2/c25-17-4-3-5-19(12-17)30-14-16(13-26-30)23(31)27-18-10-8-15(9-11-18)22-20-6-1-2-7-21(20)24(32)29-28-22/h1-14,21H,(H,27,31). The number of allylic oxidation sites excluding steroid dienone is 3. The number of nitrogens with zero attached hydrogens (tertiary/aromatic N) is 4. The zero-order valence-electron chi connectivity index (χ0n) is 16.6. The summed E-state index contributed by atoms with van der Waals surface area (Å²) < 4.78 is 1.59. The van der Waals surface area contributed by atoms with Crippen molar-refractivity contribution in [3.8, 4) is 5.69 Å². The Balaban J connectivity index is 1.33. The lowest BCUT2D eigenvalue weighted by molar-refractivity contribution is -0.119. The second-order valence-corrected chi connectivity index (χ2v) is 7.69. The third kappa shape index (κ3) is 3.81. The topological polar surface area (TPSA) is 88.7 Å². The lowest BCUT2D eigenvalue weighted by Gasteiger charge is -2.19. The van der Waals surface area contributed by atoms with Crippen LogP contribution in [0.3, 0.4) is 0 Å². The molecule has 1 aliphatic heterocycles. The van der Waals surface area contributed by atoms with Crippen molar-refractivity contribution < 1.29 is 9.59 Å². The largest absolute Gasteiger partial charge is 0.322 e. The van der Waals surface area contributed by atoms with Gasteiger partial charge in [-0.25, -0.2) is 4.68 Å². The number of amides is 2. The normalized spacial score (nSPS) is 16.9. The lowest BCUT2D eigenvalue weighted by Crippen LogP contribution is -2.17. The molecule has 1 aliphatic carbocycles. The Hall–Kier alpha value is -4.10. The molecule has 1 atom stereocenters. The number of aromatic nitrogens is 2. The van der Waals surface area contributed by atoms with Gasteiger partial charge < -0.3 is 5.32 Å². The molecule has 0 fully saturated rings. The van der Waals surface area contributed by atoms with Crippen molar-refractivity contribution in [2.45, 2.75) is 0 Å². The van der Waals surface area contributed by atoms with Crippen LogP contribution in [0.4, 0.5) is 5.69 Å². The van der Waals surface area contributed by atoms with Crippen LogP contribution in [0.2, 0.25) is 5.02 Å². The number of fused-ring (bicyclic) bond motifs is 1. The molecular formula is C24H16ClN5O2. The molecule has 0 bridgehead atoms. The lowest BCUT2D eigenvalue weighted by atomic mass is 9.89. The number of benzene rings is 2. The molecule has 1 aromatic heterocycles. The minimum atomic E-state index is -0.400. The van der Waals surface area contributed by atoms with E-state index in [4.69, 9.17) is 11.6 Å². The van der Waals surface area contributed by atoms with Crippen molar-refractivity contribution in [2.24, 2.45) is 16.1 Å². The summed E-state index contributed by atoms with van der Waals surface area (Å²) in [6.45, 7) is 0. The summed E-state index contributed by atoms with van der Waals surface area (Å²) in [6.07, 6.45) is 10.5. The molecule has 1 unspecified atom stereocenters. The molecule has 2 heterocycles. The molecule has 2 amide bonds. The van der Waals surface area contributed by atoms with E-state index >= 15 is 0 Å². The highest BCUT2D eigenvalue weighted by molar-refractivity contribution is 6.30. The van der Waals surface area contributed by atoms with Gasteiger partial charge in [0.2, 0.25) is 0 Å². The molecule has 0 saturated carbocycles. The number of azo groups is 1. The molecule has 1 N–H and O–H groups in total. The van der Waals surface area contributed by atoms with E-state index in [9.17, 15) is 9.59 Å². The second-order valence-electron chi connectivity index (χ2n) is 7.25. The molecule has 0 radical (unpaired) electrons. The van der Waals surface area contributed by atoms with Gasteiger partial charge in [0.05, 0.1) is 29.1 Å². The van der Waals surface area contributed by atoms with E-state index in [1.54, 1.807) is 35.1 Å². The summed E-state index contributed by atoms with van der Waals surface area (Å²) >= 11 is 6.03. The van der Waals surface area contributed by atoms with Gasteiger partial charge >= 0.3 is 0 Å². The molecule has 8 heteroatoms. The van der Waals surface area contributed by atoms with Gasteiger partial charge in [0, 0.05) is 22.5 Å². The summed E-state index contributed by atoms with van der Waals surface area (Å²) in [5.41, 5.74) is 4.09. The molecule has 2 aromatic carbocycles. The first-order valence-electron chi connectivity index (χ1n) is 9.85. The number of rotatable bonds is 4. The van der Waals surface area contributed by atoms with Crippen molar-refractivity contribution >= 4 is 34.8 Å². The van der Waals surface area contributed by atoms with Crippen LogP contribution in [0.25, 0.3) is 11.4 Å². The van der Waals surface area contributed by atoms with Crippen molar-refractivity contribution in [3.63, 3.8) is 0 Å². The zero-order chi connectivity index (χ0) is 22.1. The molecule has 0 spiro atoms. The molecule has 0 saturated heterocycles. The van der Waals surface area contributed by atoms with Crippen LogP contribution in [0.15, 0.2) is 101 Å². The summed E-state index contributed by atoms with van der Waals surface area (Å²) in [7, 11) is 0. The van der Waals surface area contributed by atoms with Crippen LogP contribution in [0, 0.1) is 5.92 Å². The molecular weight excluding hydrogens is 426 g/mol. The number of anilines is 1. The number of halogens is 1. The van der Waals surface area contributed by atoms with Gasteiger partial charge in [0.1, 0.15) is 0 Å². The van der Waals surface area contributed by atoms with Crippen LogP contribution in [0.1, 0.15) is 15.9 Å². The maximum Gasteiger partial charge on any atom is 0.276 e. The average Bonchev–Trinajstić information content (AvgIpc) is 3.31. The molecule has 156 valence electrons. The van der Waals surface area contributed by atoms with Gasteiger partial charge in [-0.1, -0.05) is 54.1 Å². The van der Waals surface area contributed by atoms with Gasteiger partial charge in [-0.15, -0.1) is 10.2 Å². The molecule has 2 aliphatic rings. The smallest absolute Gasteiger partial charge is 0.276 e. The van der Waals surface area contributed by atoms with Crippen molar-refractivity contribution in [1.29, 1.82) is 0 Å². The number of hydrogen-bond acceptors (Lipinski definition) is 4. The van der Waals surface area contributed by atoms with E-state index in [2.05, 4.69) is 20.6 Å². The number of carbonyl (C=O) groups is 2. The Bertz CT molecular complexity index is 1350. The SMILES string of the molecule is O=C(Nc1ccc(C2=C3C=CC=CC3C(=O)N=N2)cc1)c1cnn(-c2cccc(Cl)c2)c1. The first-order chi connectivity index (χ1) is 15.6. The van der Waals surface area contributed by atoms with E-state index in [0.29, 0.717) is 22.0 Å². The number of nitrogens with one attached hydrogen (secondary N) is 1. The number of carbonyl (C=O) groups excluding carboxylic acids is 2. The highest BCUT2D eigenvalue weighted by Gasteiger charge is 2.27. The van der Waals surface area contributed by atoms with Gasteiger partial charge in [-0.3, -0.25) is 9.59 Å². The fourth-order valence-corrected chi connectivity index (χ4v) is 3.73. The molecule has 7 nitrogen and oxygen atoms in total. The monoisotopic (exact) mass is 441 g/mol. The summed E-state index contributed by atoms with van der Waals surface area (Å²) in [6, 6.07) is 14.5. The van der Waals surface area contributed by atoms with Crippen LogP contribution in [-0.2, 0) is 4.79 Å². The summed E-state index contributed by atoms with van der Waals surface area (Å²) in [5, 5.41) is 15.6. The van der Waals surface area contributed by atoms with E-state index in [1.165, 1.54) is 6.20 Å². The minimum Gasteiger partial charge on any atom is -0.322 e. The quantitative estimate of drug-likeness (QED) is 0.601. The summed E-state index contributed by atoms with van der Waals surface area (Å²) in [5.74, 6) is -0.953. The highest BCUT2D eigenvalue weighted by Crippen LogP contribution is 2.34. The van der Waals surface area contributed by atoms with Crippen molar-refractivity contribution in [3.05, 3.63) is 107 Å². The van der Waals surface area contributed by atoms with E-state index in [-0.39, 0.29) is 11.8 Å². The third-order valence-electron chi connectivity index (χ3n) is 5.15. The van der Waals surface area contributed by atoms with Crippen LogP contribution in [-0.4, -0.2) is 21.6 Å². The minimum absolute atomic E-state index is 0.272.